The molecule has 0 saturated carbocycles. The summed E-state index contributed by atoms with van der Waals surface area (Å²) in [5.41, 5.74) is 1.87. The van der Waals surface area contributed by atoms with Crippen LogP contribution in [0.2, 0.25) is 0 Å². The van der Waals surface area contributed by atoms with E-state index in [0.29, 0.717) is 22.3 Å². The van der Waals surface area contributed by atoms with Crippen molar-refractivity contribution in [3.05, 3.63) is 69.8 Å². The summed E-state index contributed by atoms with van der Waals surface area (Å²) in [6.07, 6.45) is 0. The Hall–Kier alpha value is -3.68. The number of carbonyl (C=O) groups is 4. The summed E-state index contributed by atoms with van der Waals surface area (Å²) < 4.78 is 9.03. The average molecular weight is 388 g/mol. The zero-order chi connectivity index (χ0) is 21.4. The van der Waals surface area contributed by atoms with E-state index in [1.807, 2.05) is 0 Å². The van der Waals surface area contributed by atoms with Crippen molar-refractivity contribution in [3.8, 4) is 0 Å². The molecule has 8 nitrogen and oxygen atoms in total. The number of carboxylic acid groups (broad SMARTS) is 2. The highest BCUT2D eigenvalue weighted by Gasteiger charge is 2.14. The fourth-order valence-corrected chi connectivity index (χ4v) is 2.32. The van der Waals surface area contributed by atoms with Crippen LogP contribution in [0.25, 0.3) is 0 Å². The monoisotopic (exact) mass is 388 g/mol. The summed E-state index contributed by atoms with van der Waals surface area (Å²) in [5, 5.41) is 17.5. The van der Waals surface area contributed by atoms with Gasteiger partial charge in [0.1, 0.15) is 0 Å². The molecular formula is C20H20O8. The maximum atomic E-state index is 11.1. The van der Waals surface area contributed by atoms with Crippen LogP contribution in [0.3, 0.4) is 0 Å². The number of carbonyl (C=O) groups excluding carboxylic acids is 2. The summed E-state index contributed by atoms with van der Waals surface area (Å²) in [6, 6.07) is 8.91. The second kappa shape index (κ2) is 9.86. The van der Waals surface area contributed by atoms with Crippen LogP contribution in [0.5, 0.6) is 0 Å². The van der Waals surface area contributed by atoms with Crippen LogP contribution in [-0.4, -0.2) is 48.3 Å². The van der Waals surface area contributed by atoms with E-state index in [4.69, 9.17) is 10.2 Å². The molecule has 8 heteroatoms. The van der Waals surface area contributed by atoms with Crippen LogP contribution in [0, 0.1) is 13.8 Å². The van der Waals surface area contributed by atoms with Crippen molar-refractivity contribution >= 4 is 23.9 Å². The van der Waals surface area contributed by atoms with Crippen LogP contribution in [0.1, 0.15) is 52.6 Å². The van der Waals surface area contributed by atoms with Gasteiger partial charge in [-0.25, -0.2) is 19.2 Å². The first-order valence-corrected chi connectivity index (χ1v) is 7.96. The van der Waals surface area contributed by atoms with Crippen molar-refractivity contribution < 1.29 is 38.9 Å². The number of methoxy groups -OCH3 is 2. The lowest BCUT2D eigenvalue weighted by Crippen LogP contribution is -2.06. The van der Waals surface area contributed by atoms with Crippen molar-refractivity contribution in [1.29, 1.82) is 0 Å². The summed E-state index contributed by atoms with van der Waals surface area (Å²) in [5.74, 6) is -3.17. The molecule has 0 atom stereocenters. The third-order valence-electron chi connectivity index (χ3n) is 3.74. The largest absolute Gasteiger partial charge is 0.478 e. The lowest BCUT2D eigenvalue weighted by atomic mass is 10.0. The molecule has 0 fully saturated rings. The van der Waals surface area contributed by atoms with Gasteiger partial charge in [-0.2, -0.15) is 0 Å². The Morgan fingerprint density at radius 1 is 0.714 bits per heavy atom. The fourth-order valence-electron chi connectivity index (χ4n) is 2.32. The molecule has 28 heavy (non-hydrogen) atoms. The molecule has 0 aromatic heterocycles. The first kappa shape index (κ1) is 22.4. The van der Waals surface area contributed by atoms with Crippen molar-refractivity contribution in [2.45, 2.75) is 13.8 Å². The number of benzene rings is 2. The van der Waals surface area contributed by atoms with E-state index in [1.54, 1.807) is 38.1 Å². The van der Waals surface area contributed by atoms with Gasteiger partial charge in [0, 0.05) is 0 Å². The van der Waals surface area contributed by atoms with Gasteiger partial charge in [-0.1, -0.05) is 12.1 Å². The predicted octanol–water partition coefficient (Wildman–Crippen LogP) is 2.96. The number of esters is 2. The molecule has 2 aromatic rings. The lowest BCUT2D eigenvalue weighted by Gasteiger charge is -2.05. The van der Waals surface area contributed by atoms with Gasteiger partial charge in [0.05, 0.1) is 36.5 Å². The second-order valence-electron chi connectivity index (χ2n) is 5.66. The van der Waals surface area contributed by atoms with E-state index < -0.39 is 23.9 Å². The van der Waals surface area contributed by atoms with E-state index >= 15 is 0 Å². The van der Waals surface area contributed by atoms with Gasteiger partial charge in [-0.15, -0.1) is 0 Å². The Kier molecular flexibility index (Phi) is 7.88. The standard InChI is InChI=1S/2C10H10O4/c1-5-3-6(2)8(10(13)14)4-7(5)9(11)12;1-13-9(11)7-4-3-5-8(6-7)10(12)14-2/h3-4H,1-2H3,(H,11,12)(H,13,14);3-6H,1-2H3. The van der Waals surface area contributed by atoms with Gasteiger partial charge in [0.25, 0.3) is 0 Å². The van der Waals surface area contributed by atoms with Gasteiger partial charge in [-0.05, 0) is 49.2 Å². The predicted molar refractivity (Wildman–Crippen MR) is 99.0 cm³/mol. The van der Waals surface area contributed by atoms with E-state index in [9.17, 15) is 19.2 Å². The summed E-state index contributed by atoms with van der Waals surface area (Å²) >= 11 is 0. The van der Waals surface area contributed by atoms with Crippen LogP contribution >= 0.6 is 0 Å². The van der Waals surface area contributed by atoms with Gasteiger partial charge in [0.2, 0.25) is 0 Å². The molecular weight excluding hydrogens is 368 g/mol. The first-order chi connectivity index (χ1) is 13.1. The maximum absolute atomic E-state index is 11.1. The third kappa shape index (κ3) is 5.66. The molecule has 0 amide bonds. The SMILES string of the molecule is COC(=O)c1cccc(C(=O)OC)c1.Cc1cc(C)c(C(=O)O)cc1C(=O)O. The molecule has 0 heterocycles. The lowest BCUT2D eigenvalue weighted by molar-refractivity contribution is 0.0595. The summed E-state index contributed by atoms with van der Waals surface area (Å²) in [6.45, 7) is 3.28. The van der Waals surface area contributed by atoms with Crippen molar-refractivity contribution in [1.82, 2.24) is 0 Å². The molecule has 0 unspecified atom stereocenters. The minimum absolute atomic E-state index is 0.0352. The molecule has 0 spiro atoms. The van der Waals surface area contributed by atoms with Gasteiger partial charge < -0.3 is 19.7 Å². The van der Waals surface area contributed by atoms with Gasteiger partial charge in [0.15, 0.2) is 0 Å². The average Bonchev–Trinajstić information content (AvgIpc) is 2.66. The topological polar surface area (TPSA) is 127 Å². The Morgan fingerprint density at radius 2 is 1.11 bits per heavy atom. The minimum atomic E-state index is -1.11. The highest BCUT2D eigenvalue weighted by atomic mass is 16.5. The maximum Gasteiger partial charge on any atom is 0.337 e. The smallest absolute Gasteiger partial charge is 0.337 e. The van der Waals surface area contributed by atoms with Crippen molar-refractivity contribution in [3.63, 3.8) is 0 Å². The Labute approximate surface area is 161 Å². The molecule has 0 saturated heterocycles. The molecule has 0 aliphatic carbocycles. The normalized spacial score (nSPS) is 9.57. The van der Waals surface area contributed by atoms with Crippen molar-refractivity contribution in [2.75, 3.05) is 14.2 Å². The van der Waals surface area contributed by atoms with E-state index in [0.717, 1.165) is 0 Å². The highest BCUT2D eigenvalue weighted by Crippen LogP contribution is 2.16. The molecule has 2 aromatic carbocycles. The van der Waals surface area contributed by atoms with Crippen molar-refractivity contribution in [2.24, 2.45) is 0 Å². The Balaban J connectivity index is 0.000000280. The number of aromatic carboxylic acids is 2. The molecule has 148 valence electrons. The quantitative estimate of drug-likeness (QED) is 0.765. The zero-order valence-electron chi connectivity index (χ0n) is 15.8. The van der Waals surface area contributed by atoms with Crippen LogP contribution in [0.15, 0.2) is 36.4 Å². The van der Waals surface area contributed by atoms with Crippen LogP contribution < -0.4 is 0 Å². The number of carboxylic acids is 2. The number of ether oxygens (including phenoxy) is 2. The van der Waals surface area contributed by atoms with E-state index in [2.05, 4.69) is 9.47 Å². The third-order valence-corrected chi connectivity index (χ3v) is 3.74. The zero-order valence-corrected chi connectivity index (χ0v) is 15.8. The Morgan fingerprint density at radius 3 is 1.43 bits per heavy atom. The van der Waals surface area contributed by atoms with E-state index in [1.165, 1.54) is 26.4 Å². The molecule has 0 bridgehead atoms. The van der Waals surface area contributed by atoms with Crippen LogP contribution in [-0.2, 0) is 9.47 Å². The minimum Gasteiger partial charge on any atom is -0.478 e. The molecule has 0 aliphatic rings. The number of hydrogen-bond acceptors (Lipinski definition) is 6. The molecule has 0 aliphatic heterocycles. The second-order valence-corrected chi connectivity index (χ2v) is 5.66. The van der Waals surface area contributed by atoms with Gasteiger partial charge >= 0.3 is 23.9 Å². The fraction of sp³-hybridized carbons (Fsp3) is 0.200. The molecule has 2 N–H and O–H groups in total. The summed E-state index contributed by atoms with van der Waals surface area (Å²) in [4.78, 5) is 43.6. The highest BCUT2D eigenvalue weighted by molar-refractivity contribution is 5.96. The molecule has 2 rings (SSSR count). The van der Waals surface area contributed by atoms with Crippen LogP contribution in [0.4, 0.5) is 0 Å². The number of rotatable bonds is 4. The Bertz CT molecular complexity index is 848. The molecule has 0 radical (unpaired) electrons. The van der Waals surface area contributed by atoms with E-state index in [-0.39, 0.29) is 11.1 Å². The number of hydrogen-bond donors (Lipinski definition) is 2. The number of aryl methyl sites for hydroxylation is 2. The first-order valence-electron chi connectivity index (χ1n) is 7.96. The van der Waals surface area contributed by atoms with Gasteiger partial charge in [-0.3, -0.25) is 0 Å². The summed E-state index contributed by atoms with van der Waals surface area (Å²) in [7, 11) is 2.57.